The van der Waals surface area contributed by atoms with E-state index >= 15 is 0 Å². The van der Waals surface area contributed by atoms with Crippen LogP contribution in [0.1, 0.15) is 39.5 Å². The number of aliphatic hydroxyl groups is 1. The number of nitrogens with one attached hydrogen (secondary N) is 1. The molecule has 0 aromatic rings. The van der Waals surface area contributed by atoms with Gasteiger partial charge in [0.1, 0.15) is 5.84 Å². The van der Waals surface area contributed by atoms with Gasteiger partial charge in [0, 0.05) is 18.5 Å². The van der Waals surface area contributed by atoms with Crippen LogP contribution in [0.25, 0.3) is 0 Å². The van der Waals surface area contributed by atoms with E-state index in [0.29, 0.717) is 12.3 Å². The maximum absolute atomic E-state index is 9.28. The Morgan fingerprint density at radius 2 is 2.19 bits per heavy atom. The second-order valence-electron chi connectivity index (χ2n) is 5.19. The number of amidine groups is 1. The van der Waals surface area contributed by atoms with Crippen LogP contribution in [0.3, 0.4) is 0 Å². The van der Waals surface area contributed by atoms with Crippen LogP contribution in [-0.4, -0.2) is 34.8 Å². The lowest BCUT2D eigenvalue weighted by Gasteiger charge is -2.30. The average Bonchev–Trinajstić information content (AvgIpc) is 3.06. The summed E-state index contributed by atoms with van der Waals surface area (Å²) in [6, 6.07) is 0. The van der Waals surface area contributed by atoms with E-state index < -0.39 is 0 Å². The smallest absolute Gasteiger partial charge is 0.139 e. The van der Waals surface area contributed by atoms with Crippen LogP contribution in [0, 0.1) is 5.41 Å². The third kappa shape index (κ3) is 3.35. The quantitative estimate of drug-likeness (QED) is 0.223. The maximum atomic E-state index is 9.28. The molecule has 94 valence electrons. The van der Waals surface area contributed by atoms with Crippen LogP contribution in [0.5, 0.6) is 0 Å². The molecule has 1 fully saturated rings. The fourth-order valence-corrected chi connectivity index (χ4v) is 1.71. The fraction of sp³-hybridized carbons (Fsp3) is 0.909. The molecule has 1 aliphatic rings. The van der Waals surface area contributed by atoms with E-state index in [1.54, 1.807) is 0 Å². The number of hydrogen-bond donors (Lipinski definition) is 4. The van der Waals surface area contributed by atoms with Crippen LogP contribution >= 0.6 is 0 Å². The largest absolute Gasteiger partial charge is 0.409 e. The van der Waals surface area contributed by atoms with Gasteiger partial charge < -0.3 is 21.4 Å². The number of nitrogens with two attached hydrogens (primary N) is 1. The molecule has 16 heavy (non-hydrogen) atoms. The van der Waals surface area contributed by atoms with Crippen LogP contribution in [-0.2, 0) is 0 Å². The molecule has 1 saturated carbocycles. The van der Waals surface area contributed by atoms with E-state index in [1.807, 2.05) is 13.8 Å². The summed E-state index contributed by atoms with van der Waals surface area (Å²) in [7, 11) is 0. The zero-order valence-electron chi connectivity index (χ0n) is 10.2. The van der Waals surface area contributed by atoms with Crippen LogP contribution in [0.2, 0.25) is 0 Å². The Labute approximate surface area is 96.7 Å². The molecule has 1 atom stereocenters. The molecule has 0 heterocycles. The van der Waals surface area contributed by atoms with Crippen molar-refractivity contribution in [2.24, 2.45) is 16.3 Å². The number of hydrogen-bond acceptors (Lipinski definition) is 4. The summed E-state index contributed by atoms with van der Waals surface area (Å²) in [6.45, 7) is 5.00. The molecule has 0 aromatic carbocycles. The summed E-state index contributed by atoms with van der Waals surface area (Å²) in [5.74, 6) is 0.293. The Morgan fingerprint density at radius 3 is 2.56 bits per heavy atom. The molecule has 0 spiro atoms. The van der Waals surface area contributed by atoms with Gasteiger partial charge in [-0.15, -0.1) is 0 Å². The van der Waals surface area contributed by atoms with Gasteiger partial charge in [-0.05, 0) is 31.6 Å². The molecule has 0 radical (unpaired) electrons. The summed E-state index contributed by atoms with van der Waals surface area (Å²) in [4.78, 5) is 0. The Bertz CT molecular complexity index is 258. The van der Waals surface area contributed by atoms with Crippen molar-refractivity contribution in [1.82, 2.24) is 5.32 Å². The molecule has 0 aromatic heterocycles. The highest BCUT2D eigenvalue weighted by molar-refractivity contribution is 5.80. The predicted octanol–water partition coefficient (Wildman–Crippen LogP) is 0.654. The molecule has 1 aliphatic carbocycles. The molecule has 0 aliphatic heterocycles. The number of rotatable bonds is 7. The zero-order chi connectivity index (χ0) is 12.2. The van der Waals surface area contributed by atoms with Gasteiger partial charge in [0.15, 0.2) is 0 Å². The summed E-state index contributed by atoms with van der Waals surface area (Å²) in [5.41, 5.74) is 5.45. The maximum Gasteiger partial charge on any atom is 0.139 e. The van der Waals surface area contributed by atoms with E-state index in [1.165, 1.54) is 0 Å². The van der Waals surface area contributed by atoms with Crippen molar-refractivity contribution in [3.05, 3.63) is 0 Å². The van der Waals surface area contributed by atoms with Crippen molar-refractivity contribution >= 4 is 5.84 Å². The topological polar surface area (TPSA) is 90.9 Å². The fourth-order valence-electron chi connectivity index (χ4n) is 1.71. The summed E-state index contributed by atoms with van der Waals surface area (Å²) < 4.78 is 0. The number of aliphatic hydroxyl groups excluding tert-OH is 1. The lowest BCUT2D eigenvalue weighted by atomic mass is 9.96. The first kappa shape index (κ1) is 13.3. The summed E-state index contributed by atoms with van der Waals surface area (Å²) in [6.07, 6.45) is 3.70. The molecule has 0 bridgehead atoms. The molecule has 1 rings (SSSR count). The van der Waals surface area contributed by atoms with Crippen LogP contribution < -0.4 is 11.1 Å². The monoisotopic (exact) mass is 229 g/mol. The van der Waals surface area contributed by atoms with Crippen molar-refractivity contribution in [3.63, 3.8) is 0 Å². The Kier molecular flexibility index (Phi) is 4.15. The lowest BCUT2D eigenvalue weighted by molar-refractivity contribution is 0.163. The zero-order valence-corrected chi connectivity index (χ0v) is 10.2. The van der Waals surface area contributed by atoms with E-state index in [0.717, 1.165) is 25.8 Å². The van der Waals surface area contributed by atoms with Gasteiger partial charge in [0.25, 0.3) is 0 Å². The average molecular weight is 229 g/mol. The second kappa shape index (κ2) is 5.01. The van der Waals surface area contributed by atoms with Crippen molar-refractivity contribution < 1.29 is 10.3 Å². The Balaban J connectivity index is 2.43. The minimum atomic E-state index is -0.222. The Morgan fingerprint density at radius 1 is 1.56 bits per heavy atom. The standard InChI is InChI=1S/C11H23N3O2/c1-3-10(2,8-15)13-7-11(4-5-11)6-9(12)14-16/h13,15-16H,3-8H2,1-2H3,(H2,12,14). The van der Waals surface area contributed by atoms with Gasteiger partial charge >= 0.3 is 0 Å². The predicted molar refractivity (Wildman–Crippen MR) is 63.5 cm³/mol. The summed E-state index contributed by atoms with van der Waals surface area (Å²) >= 11 is 0. The summed E-state index contributed by atoms with van der Waals surface area (Å²) in [5, 5.41) is 24.2. The van der Waals surface area contributed by atoms with E-state index in [4.69, 9.17) is 10.9 Å². The highest BCUT2D eigenvalue weighted by atomic mass is 16.4. The molecule has 5 heteroatoms. The molecule has 5 N–H and O–H groups in total. The first-order chi connectivity index (χ1) is 7.49. The first-order valence-corrected chi connectivity index (χ1v) is 5.81. The first-order valence-electron chi connectivity index (χ1n) is 5.81. The Hall–Kier alpha value is -0.810. The van der Waals surface area contributed by atoms with Gasteiger partial charge in [-0.25, -0.2) is 0 Å². The normalized spacial score (nSPS) is 22.8. The highest BCUT2D eigenvalue weighted by Crippen LogP contribution is 2.48. The van der Waals surface area contributed by atoms with Crippen LogP contribution in [0.4, 0.5) is 0 Å². The number of nitrogens with zero attached hydrogens (tertiary/aromatic N) is 1. The second-order valence-corrected chi connectivity index (χ2v) is 5.19. The van der Waals surface area contributed by atoms with E-state index in [-0.39, 0.29) is 17.6 Å². The van der Waals surface area contributed by atoms with Gasteiger partial charge in [-0.3, -0.25) is 0 Å². The van der Waals surface area contributed by atoms with Gasteiger partial charge in [0.05, 0.1) is 6.61 Å². The van der Waals surface area contributed by atoms with Crippen molar-refractivity contribution in [1.29, 1.82) is 0 Å². The molecular formula is C11H23N3O2. The molecule has 0 saturated heterocycles. The minimum Gasteiger partial charge on any atom is -0.409 e. The van der Waals surface area contributed by atoms with Crippen molar-refractivity contribution in [2.75, 3.05) is 13.2 Å². The molecule has 5 nitrogen and oxygen atoms in total. The minimum absolute atomic E-state index is 0.128. The van der Waals surface area contributed by atoms with Gasteiger partial charge in [-0.1, -0.05) is 12.1 Å². The highest BCUT2D eigenvalue weighted by Gasteiger charge is 2.44. The lowest BCUT2D eigenvalue weighted by Crippen LogP contribution is -2.48. The molecule has 1 unspecified atom stereocenters. The van der Waals surface area contributed by atoms with Crippen molar-refractivity contribution in [3.8, 4) is 0 Å². The van der Waals surface area contributed by atoms with Crippen LogP contribution in [0.15, 0.2) is 5.16 Å². The van der Waals surface area contributed by atoms with Crippen molar-refractivity contribution in [2.45, 2.75) is 45.1 Å². The van der Waals surface area contributed by atoms with Gasteiger partial charge in [-0.2, -0.15) is 0 Å². The molecule has 0 amide bonds. The molecular weight excluding hydrogens is 206 g/mol. The number of oxime groups is 1. The SMILES string of the molecule is CCC(C)(CO)NCC1(CC(N)=NO)CC1. The van der Waals surface area contributed by atoms with E-state index in [9.17, 15) is 5.11 Å². The third-order valence-electron chi connectivity index (χ3n) is 3.66. The van der Waals surface area contributed by atoms with Gasteiger partial charge in [0.2, 0.25) is 0 Å². The van der Waals surface area contributed by atoms with E-state index in [2.05, 4.69) is 10.5 Å². The third-order valence-corrected chi connectivity index (χ3v) is 3.66.